The summed E-state index contributed by atoms with van der Waals surface area (Å²) in [6.45, 7) is 2.41. The van der Waals surface area contributed by atoms with Gasteiger partial charge in [-0.05, 0) is 55.0 Å². The molecule has 9 heteroatoms. The maximum atomic E-state index is 5.85. The highest BCUT2D eigenvalue weighted by Crippen LogP contribution is 2.26. The summed E-state index contributed by atoms with van der Waals surface area (Å²) >= 11 is 1.45. The van der Waals surface area contributed by atoms with Crippen molar-refractivity contribution < 1.29 is 9.47 Å². The van der Waals surface area contributed by atoms with Crippen molar-refractivity contribution in [1.82, 2.24) is 30.0 Å². The monoisotopic (exact) mass is 418 g/mol. The van der Waals surface area contributed by atoms with E-state index in [0.717, 1.165) is 39.0 Å². The van der Waals surface area contributed by atoms with E-state index in [9.17, 15) is 0 Å². The highest BCUT2D eigenvalue weighted by molar-refractivity contribution is 7.16. The molecule has 8 nitrogen and oxygen atoms in total. The number of methoxy groups -OCH3 is 1. The number of H-pyrrole nitrogens is 1. The third-order valence-corrected chi connectivity index (χ3v) is 5.46. The van der Waals surface area contributed by atoms with Crippen molar-refractivity contribution in [2.24, 2.45) is 0 Å². The number of aryl methyl sites for hydroxylation is 1. The fourth-order valence-corrected chi connectivity index (χ4v) is 3.83. The van der Waals surface area contributed by atoms with E-state index in [1.807, 2.05) is 61.5 Å². The first-order chi connectivity index (χ1) is 14.7. The van der Waals surface area contributed by atoms with Crippen LogP contribution in [0.3, 0.4) is 0 Å². The first kappa shape index (κ1) is 18.3. The molecule has 30 heavy (non-hydrogen) atoms. The summed E-state index contributed by atoms with van der Waals surface area (Å²) in [6.07, 6.45) is 0. The summed E-state index contributed by atoms with van der Waals surface area (Å²) in [5.74, 6) is 2.23. The van der Waals surface area contributed by atoms with Crippen LogP contribution in [-0.2, 0) is 6.61 Å². The lowest BCUT2D eigenvalue weighted by Gasteiger charge is -2.03. The van der Waals surface area contributed by atoms with Gasteiger partial charge in [-0.25, -0.2) is 0 Å². The molecule has 0 radical (unpaired) electrons. The van der Waals surface area contributed by atoms with Crippen LogP contribution >= 0.6 is 11.3 Å². The van der Waals surface area contributed by atoms with Crippen molar-refractivity contribution in [2.45, 2.75) is 13.5 Å². The van der Waals surface area contributed by atoms with E-state index < -0.39 is 0 Å². The van der Waals surface area contributed by atoms with Gasteiger partial charge in [-0.1, -0.05) is 23.5 Å². The minimum absolute atomic E-state index is 0.372. The topological polar surface area (TPSA) is 90.2 Å². The molecule has 3 aromatic heterocycles. The van der Waals surface area contributed by atoms with E-state index in [1.165, 1.54) is 11.3 Å². The molecule has 2 aromatic carbocycles. The lowest BCUT2D eigenvalue weighted by Crippen LogP contribution is -1.97. The lowest BCUT2D eigenvalue weighted by atomic mass is 10.1. The maximum absolute atomic E-state index is 5.85. The number of benzene rings is 2. The van der Waals surface area contributed by atoms with Crippen molar-refractivity contribution >= 4 is 16.3 Å². The Morgan fingerprint density at radius 2 is 1.90 bits per heavy atom. The summed E-state index contributed by atoms with van der Waals surface area (Å²) in [7, 11) is 1.65. The van der Waals surface area contributed by atoms with Crippen LogP contribution in [0.5, 0.6) is 11.5 Å². The first-order valence-electron chi connectivity index (χ1n) is 9.30. The smallest absolute Gasteiger partial charge is 0.235 e. The molecule has 0 aliphatic carbocycles. The molecule has 5 rings (SSSR count). The molecular weight excluding hydrogens is 400 g/mol. The molecule has 0 amide bonds. The van der Waals surface area contributed by atoms with Crippen LogP contribution in [0.4, 0.5) is 0 Å². The third-order valence-electron chi connectivity index (χ3n) is 4.59. The fourth-order valence-electron chi connectivity index (χ4n) is 3.08. The molecule has 1 N–H and O–H groups in total. The molecule has 0 unspecified atom stereocenters. The number of aromatic amines is 1. The molecule has 0 bridgehead atoms. The molecule has 0 fully saturated rings. The van der Waals surface area contributed by atoms with Gasteiger partial charge in [0, 0.05) is 5.56 Å². The molecule has 0 spiro atoms. The Morgan fingerprint density at radius 1 is 1.03 bits per heavy atom. The van der Waals surface area contributed by atoms with E-state index in [4.69, 9.17) is 9.47 Å². The molecule has 0 saturated carbocycles. The van der Waals surface area contributed by atoms with Gasteiger partial charge in [0.05, 0.1) is 12.8 Å². The van der Waals surface area contributed by atoms with Crippen molar-refractivity contribution in [1.29, 1.82) is 0 Å². The molecule has 0 saturated heterocycles. The second-order valence-electron chi connectivity index (χ2n) is 6.71. The van der Waals surface area contributed by atoms with Crippen molar-refractivity contribution in [2.75, 3.05) is 7.11 Å². The Kier molecular flexibility index (Phi) is 4.64. The van der Waals surface area contributed by atoms with Crippen LogP contribution in [0.25, 0.3) is 27.7 Å². The molecule has 3 heterocycles. The maximum Gasteiger partial charge on any atom is 0.235 e. The number of nitrogens with one attached hydrogen (secondary N) is 1. The summed E-state index contributed by atoms with van der Waals surface area (Å²) in [5, 5.41) is 21.4. The first-order valence-corrected chi connectivity index (χ1v) is 10.1. The van der Waals surface area contributed by atoms with Gasteiger partial charge in [0.2, 0.25) is 10.8 Å². The molecule has 0 aliphatic rings. The van der Waals surface area contributed by atoms with Gasteiger partial charge in [0.15, 0.2) is 5.01 Å². The number of rotatable bonds is 6. The van der Waals surface area contributed by atoms with Crippen LogP contribution in [0.15, 0.2) is 54.6 Å². The van der Waals surface area contributed by atoms with Crippen LogP contribution < -0.4 is 9.47 Å². The van der Waals surface area contributed by atoms with E-state index in [-0.39, 0.29) is 0 Å². The summed E-state index contributed by atoms with van der Waals surface area (Å²) in [4.78, 5) is 0.702. The number of ether oxygens (including phenoxy) is 2. The zero-order valence-corrected chi connectivity index (χ0v) is 17.2. The second-order valence-corrected chi connectivity index (χ2v) is 7.75. The van der Waals surface area contributed by atoms with Gasteiger partial charge in [0.1, 0.15) is 23.8 Å². The Morgan fingerprint density at radius 3 is 2.70 bits per heavy atom. The summed E-state index contributed by atoms with van der Waals surface area (Å²) < 4.78 is 12.8. The second kappa shape index (κ2) is 7.60. The SMILES string of the molecule is COc1ccc(-c2cc(-c3nnc4sc(COc5cccc(C)c5)nn34)[nH]n2)cc1. The van der Waals surface area contributed by atoms with Gasteiger partial charge >= 0.3 is 0 Å². The number of nitrogens with zero attached hydrogens (tertiary/aromatic N) is 5. The van der Waals surface area contributed by atoms with Crippen molar-refractivity contribution in [3.05, 3.63) is 65.2 Å². The minimum atomic E-state index is 0.372. The van der Waals surface area contributed by atoms with Gasteiger partial charge < -0.3 is 9.47 Å². The predicted molar refractivity (Wildman–Crippen MR) is 114 cm³/mol. The Labute approximate surface area is 176 Å². The van der Waals surface area contributed by atoms with E-state index in [2.05, 4.69) is 25.5 Å². The normalized spacial score (nSPS) is 11.1. The molecule has 5 aromatic rings. The van der Waals surface area contributed by atoms with Crippen LogP contribution in [0.2, 0.25) is 0 Å². The zero-order chi connectivity index (χ0) is 20.5. The van der Waals surface area contributed by atoms with Gasteiger partial charge in [0.25, 0.3) is 0 Å². The quantitative estimate of drug-likeness (QED) is 0.446. The average Bonchev–Trinajstić information content (AvgIpc) is 3.48. The van der Waals surface area contributed by atoms with Crippen LogP contribution in [0.1, 0.15) is 10.6 Å². The van der Waals surface area contributed by atoms with E-state index in [0.29, 0.717) is 17.4 Å². The number of aromatic nitrogens is 6. The van der Waals surface area contributed by atoms with Crippen LogP contribution in [0, 0.1) is 6.92 Å². The lowest BCUT2D eigenvalue weighted by molar-refractivity contribution is 0.304. The largest absolute Gasteiger partial charge is 0.497 e. The molecule has 0 atom stereocenters. The van der Waals surface area contributed by atoms with Gasteiger partial charge in [-0.2, -0.15) is 14.7 Å². The summed E-state index contributed by atoms with van der Waals surface area (Å²) in [5.41, 5.74) is 3.68. The number of hydrogen-bond acceptors (Lipinski definition) is 7. The van der Waals surface area contributed by atoms with Crippen LogP contribution in [-0.4, -0.2) is 37.1 Å². The van der Waals surface area contributed by atoms with E-state index in [1.54, 1.807) is 11.6 Å². The van der Waals surface area contributed by atoms with Gasteiger partial charge in [-0.3, -0.25) is 5.10 Å². The Hall–Kier alpha value is -3.72. The predicted octanol–water partition coefficient (Wildman–Crippen LogP) is 4.14. The zero-order valence-electron chi connectivity index (χ0n) is 16.4. The Bertz CT molecular complexity index is 1300. The minimum Gasteiger partial charge on any atom is -0.497 e. The summed E-state index contributed by atoms with van der Waals surface area (Å²) in [6, 6.07) is 17.6. The average molecular weight is 418 g/mol. The third kappa shape index (κ3) is 3.50. The van der Waals surface area contributed by atoms with Crippen molar-refractivity contribution in [3.63, 3.8) is 0 Å². The van der Waals surface area contributed by atoms with Gasteiger partial charge in [-0.15, -0.1) is 10.2 Å². The standard InChI is InChI=1S/C21H18N6O2S/c1-13-4-3-5-16(10-13)29-12-19-26-27-20(24-25-21(27)30-19)18-11-17(22-23-18)14-6-8-15(28-2)9-7-14/h3-11H,12H2,1-2H3,(H,22,23). The highest BCUT2D eigenvalue weighted by Gasteiger charge is 2.16. The highest BCUT2D eigenvalue weighted by atomic mass is 32.1. The fraction of sp³-hybridized carbons (Fsp3) is 0.143. The number of fused-ring (bicyclic) bond motifs is 1. The molecule has 0 aliphatic heterocycles. The van der Waals surface area contributed by atoms with Crippen molar-refractivity contribution in [3.8, 4) is 34.3 Å². The molecular formula is C21H18N6O2S. The van der Waals surface area contributed by atoms with E-state index >= 15 is 0 Å². The Balaban J connectivity index is 1.38. The molecule has 150 valence electrons. The number of hydrogen-bond donors (Lipinski definition) is 1.